The van der Waals surface area contributed by atoms with Crippen molar-refractivity contribution in [3.8, 4) is 0 Å². The van der Waals surface area contributed by atoms with E-state index in [-0.39, 0.29) is 0 Å². The van der Waals surface area contributed by atoms with Gasteiger partial charge in [0.25, 0.3) is 0 Å². The number of hydrogen-bond acceptors (Lipinski definition) is 1. The van der Waals surface area contributed by atoms with E-state index < -0.39 is 0 Å². The van der Waals surface area contributed by atoms with Gasteiger partial charge in [-0.15, -0.1) is 0 Å². The molecule has 1 heterocycles. The van der Waals surface area contributed by atoms with Gasteiger partial charge < -0.3 is 4.90 Å². The van der Waals surface area contributed by atoms with E-state index in [9.17, 15) is 0 Å². The normalized spacial score (nSPS) is 23.4. The highest BCUT2D eigenvalue weighted by molar-refractivity contribution is 5.80. The smallest absolute Gasteiger partial charge is 0.0209 e. The first-order chi connectivity index (χ1) is 9.74. The lowest BCUT2D eigenvalue weighted by molar-refractivity contribution is 0.461. The van der Waals surface area contributed by atoms with Crippen LogP contribution in [0, 0.1) is 0 Å². The van der Waals surface area contributed by atoms with E-state index in [1.54, 1.807) is 11.1 Å². The van der Waals surface area contributed by atoms with Crippen molar-refractivity contribution >= 4 is 5.57 Å². The van der Waals surface area contributed by atoms with Crippen LogP contribution in [-0.2, 0) is 12.8 Å². The molecule has 1 nitrogen and oxygen atoms in total. The maximum atomic E-state index is 4.29. The molecule has 0 spiro atoms. The molecule has 2 aliphatic rings. The molecule has 1 aromatic carbocycles. The minimum absolute atomic E-state index is 1.03. The Morgan fingerprint density at radius 3 is 2.70 bits per heavy atom. The van der Waals surface area contributed by atoms with Crippen molar-refractivity contribution in [2.24, 2.45) is 0 Å². The summed E-state index contributed by atoms with van der Waals surface area (Å²) in [7, 11) is 2.11. The molecule has 1 heteroatoms. The minimum atomic E-state index is 1.03. The molecule has 0 unspecified atom stereocenters. The lowest BCUT2D eigenvalue weighted by Crippen LogP contribution is -2.14. The Hall–Kier alpha value is -1.76. The minimum Gasteiger partial charge on any atom is -0.380 e. The zero-order valence-corrected chi connectivity index (χ0v) is 12.4. The number of hydrogen-bond donors (Lipinski definition) is 0. The summed E-state index contributed by atoms with van der Waals surface area (Å²) in [4.78, 5) is 2.21. The Morgan fingerprint density at radius 2 is 1.85 bits per heavy atom. The standard InChI is InChI=1S/C19H23N/c1-15-11-13-20(2)12-5-8-19(15)18-10-9-16-6-3-4-7-17(16)14-18/h5,8-10,12,14H,1,3-4,6-7,11,13H2,2H3/b12-5-,19-8+. The Kier molecular flexibility index (Phi) is 3.77. The Bertz CT molecular complexity index is 577. The van der Waals surface area contributed by atoms with Gasteiger partial charge in [-0.3, -0.25) is 0 Å². The van der Waals surface area contributed by atoms with Gasteiger partial charge in [-0.2, -0.15) is 0 Å². The predicted molar refractivity (Wildman–Crippen MR) is 86.6 cm³/mol. The fourth-order valence-corrected chi connectivity index (χ4v) is 3.13. The van der Waals surface area contributed by atoms with Gasteiger partial charge in [0.2, 0.25) is 0 Å². The maximum absolute atomic E-state index is 4.29. The monoisotopic (exact) mass is 265 g/mol. The van der Waals surface area contributed by atoms with Crippen LogP contribution in [0.4, 0.5) is 0 Å². The molecule has 0 saturated carbocycles. The van der Waals surface area contributed by atoms with Crippen molar-refractivity contribution < 1.29 is 0 Å². The van der Waals surface area contributed by atoms with Gasteiger partial charge in [0.05, 0.1) is 0 Å². The summed E-state index contributed by atoms with van der Waals surface area (Å²) in [5.74, 6) is 0. The van der Waals surface area contributed by atoms with Crippen molar-refractivity contribution in [2.45, 2.75) is 32.1 Å². The molecule has 0 amide bonds. The molecule has 1 aliphatic heterocycles. The van der Waals surface area contributed by atoms with Crippen LogP contribution in [0.15, 0.2) is 48.7 Å². The molecule has 0 fully saturated rings. The zero-order valence-electron chi connectivity index (χ0n) is 12.4. The van der Waals surface area contributed by atoms with Gasteiger partial charge in [-0.1, -0.05) is 30.9 Å². The lowest BCUT2D eigenvalue weighted by Gasteiger charge is -2.21. The van der Waals surface area contributed by atoms with Gasteiger partial charge >= 0.3 is 0 Å². The molecule has 1 aromatic rings. The van der Waals surface area contributed by atoms with Gasteiger partial charge in [-0.05, 0) is 72.2 Å². The summed E-state index contributed by atoms with van der Waals surface area (Å²) in [6.45, 7) is 5.33. The van der Waals surface area contributed by atoms with Crippen LogP contribution in [0.1, 0.15) is 36.0 Å². The number of allylic oxidation sites excluding steroid dienone is 3. The average molecular weight is 265 g/mol. The van der Waals surface area contributed by atoms with E-state index in [1.807, 2.05) is 0 Å². The fourth-order valence-electron chi connectivity index (χ4n) is 3.13. The highest BCUT2D eigenvalue weighted by Gasteiger charge is 2.13. The third kappa shape index (κ3) is 2.72. The Balaban J connectivity index is 1.96. The second-order valence-corrected chi connectivity index (χ2v) is 5.95. The second kappa shape index (κ2) is 5.70. The molecule has 104 valence electrons. The van der Waals surface area contributed by atoms with E-state index in [2.05, 4.69) is 55.1 Å². The van der Waals surface area contributed by atoms with Crippen molar-refractivity contribution in [1.29, 1.82) is 0 Å². The van der Waals surface area contributed by atoms with E-state index in [4.69, 9.17) is 0 Å². The summed E-state index contributed by atoms with van der Waals surface area (Å²) >= 11 is 0. The van der Waals surface area contributed by atoms with Crippen molar-refractivity contribution in [3.05, 3.63) is 65.4 Å². The summed E-state index contributed by atoms with van der Waals surface area (Å²) < 4.78 is 0. The topological polar surface area (TPSA) is 3.24 Å². The quantitative estimate of drug-likeness (QED) is 0.729. The Labute approximate surface area is 122 Å². The van der Waals surface area contributed by atoms with Crippen LogP contribution in [0.25, 0.3) is 5.57 Å². The van der Waals surface area contributed by atoms with Crippen LogP contribution in [-0.4, -0.2) is 18.5 Å². The van der Waals surface area contributed by atoms with Crippen LogP contribution in [0.2, 0.25) is 0 Å². The maximum Gasteiger partial charge on any atom is 0.0209 e. The number of benzene rings is 1. The molecule has 20 heavy (non-hydrogen) atoms. The number of nitrogens with zero attached hydrogens (tertiary/aromatic N) is 1. The van der Waals surface area contributed by atoms with Crippen LogP contribution >= 0.6 is 0 Å². The largest absolute Gasteiger partial charge is 0.380 e. The molecular formula is C19H23N. The van der Waals surface area contributed by atoms with E-state index in [0.717, 1.165) is 13.0 Å². The van der Waals surface area contributed by atoms with E-state index in [1.165, 1.54) is 42.4 Å². The SMILES string of the molecule is C=C1CCN(C)/C=C\C=C/1c1ccc2c(c1)CCCC2. The van der Waals surface area contributed by atoms with Crippen molar-refractivity contribution in [3.63, 3.8) is 0 Å². The first-order valence-corrected chi connectivity index (χ1v) is 7.63. The van der Waals surface area contributed by atoms with Crippen molar-refractivity contribution in [1.82, 2.24) is 4.90 Å². The summed E-state index contributed by atoms with van der Waals surface area (Å²) in [6.07, 6.45) is 12.7. The zero-order chi connectivity index (χ0) is 13.9. The van der Waals surface area contributed by atoms with Gasteiger partial charge in [0.15, 0.2) is 0 Å². The summed E-state index contributed by atoms with van der Waals surface area (Å²) in [5, 5.41) is 0. The highest BCUT2D eigenvalue weighted by atomic mass is 15.1. The molecule has 0 atom stereocenters. The number of rotatable bonds is 1. The molecule has 1 aliphatic carbocycles. The number of fused-ring (bicyclic) bond motifs is 1. The molecule has 0 saturated heterocycles. The first-order valence-electron chi connectivity index (χ1n) is 7.63. The molecule has 3 rings (SSSR count). The van der Waals surface area contributed by atoms with Crippen molar-refractivity contribution in [2.75, 3.05) is 13.6 Å². The summed E-state index contributed by atoms with van der Waals surface area (Å²) in [6, 6.07) is 7.00. The highest BCUT2D eigenvalue weighted by Crippen LogP contribution is 2.30. The third-order valence-corrected chi connectivity index (χ3v) is 4.41. The second-order valence-electron chi connectivity index (χ2n) is 5.95. The average Bonchev–Trinajstić information content (AvgIpc) is 2.47. The van der Waals surface area contributed by atoms with Gasteiger partial charge in [0.1, 0.15) is 0 Å². The fraction of sp³-hybridized carbons (Fsp3) is 0.368. The van der Waals surface area contributed by atoms with Crippen LogP contribution < -0.4 is 0 Å². The van der Waals surface area contributed by atoms with E-state index in [0.29, 0.717) is 0 Å². The van der Waals surface area contributed by atoms with E-state index >= 15 is 0 Å². The van der Waals surface area contributed by atoms with Crippen LogP contribution in [0.5, 0.6) is 0 Å². The molecule has 0 bridgehead atoms. The molecule has 0 radical (unpaired) electrons. The first kappa shape index (κ1) is 13.2. The summed E-state index contributed by atoms with van der Waals surface area (Å²) in [5.41, 5.74) is 6.99. The third-order valence-electron chi connectivity index (χ3n) is 4.41. The lowest BCUT2D eigenvalue weighted by atomic mass is 9.87. The predicted octanol–water partition coefficient (Wildman–Crippen LogP) is 4.35. The Morgan fingerprint density at radius 1 is 1.05 bits per heavy atom. The number of aryl methyl sites for hydroxylation is 2. The molecule has 0 aromatic heterocycles. The molecular weight excluding hydrogens is 242 g/mol. The van der Waals surface area contributed by atoms with Crippen LogP contribution in [0.3, 0.4) is 0 Å². The van der Waals surface area contributed by atoms with Gasteiger partial charge in [-0.25, -0.2) is 0 Å². The van der Waals surface area contributed by atoms with Gasteiger partial charge in [0, 0.05) is 13.6 Å². The molecule has 0 N–H and O–H groups in total.